The zero-order valence-electron chi connectivity index (χ0n) is 24.9. The minimum atomic E-state index is -3.87. The summed E-state index contributed by atoms with van der Waals surface area (Å²) >= 11 is 0. The van der Waals surface area contributed by atoms with Gasteiger partial charge >= 0.3 is 0 Å². The van der Waals surface area contributed by atoms with Crippen molar-refractivity contribution in [3.63, 3.8) is 0 Å². The molecule has 0 spiro atoms. The minimum absolute atomic E-state index is 0.0445. The van der Waals surface area contributed by atoms with Crippen LogP contribution in [0.5, 0.6) is 5.75 Å². The quantitative estimate of drug-likeness (QED) is 0.258. The van der Waals surface area contributed by atoms with Crippen LogP contribution in [-0.4, -0.2) is 57.1 Å². The molecule has 0 unspecified atom stereocenters. The van der Waals surface area contributed by atoms with E-state index in [1.807, 2.05) is 50.2 Å². The van der Waals surface area contributed by atoms with Crippen LogP contribution in [0.25, 0.3) is 0 Å². The highest BCUT2D eigenvalue weighted by molar-refractivity contribution is 7.92. The van der Waals surface area contributed by atoms with E-state index in [1.54, 1.807) is 25.3 Å². The van der Waals surface area contributed by atoms with Gasteiger partial charge in [-0.15, -0.1) is 0 Å². The lowest BCUT2D eigenvalue weighted by atomic mass is 10.0. The lowest BCUT2D eigenvalue weighted by molar-refractivity contribution is -0.141. The first-order valence-electron chi connectivity index (χ1n) is 14.1. The number of amides is 2. The van der Waals surface area contributed by atoms with Gasteiger partial charge in [-0.3, -0.25) is 13.9 Å². The van der Waals surface area contributed by atoms with Gasteiger partial charge in [-0.05, 0) is 55.2 Å². The average molecular weight is 616 g/mol. The van der Waals surface area contributed by atoms with Gasteiger partial charge < -0.3 is 15.0 Å². The van der Waals surface area contributed by atoms with E-state index in [4.69, 9.17) is 4.74 Å². The summed E-state index contributed by atoms with van der Waals surface area (Å²) in [6.07, 6.45) is 1.91. The maximum Gasteiger partial charge on any atom is 0.243 e. The topological polar surface area (TPSA) is 96.0 Å². The lowest BCUT2D eigenvalue weighted by Gasteiger charge is -2.33. The van der Waals surface area contributed by atoms with Crippen molar-refractivity contribution in [3.8, 4) is 5.75 Å². The van der Waals surface area contributed by atoms with Crippen molar-refractivity contribution in [2.75, 3.05) is 24.2 Å². The fourth-order valence-electron chi connectivity index (χ4n) is 4.61. The number of rotatable bonds is 15. The van der Waals surface area contributed by atoms with Crippen molar-refractivity contribution in [2.24, 2.45) is 0 Å². The molecule has 3 aromatic carbocycles. The van der Waals surface area contributed by atoms with Gasteiger partial charge in [0.1, 0.15) is 11.8 Å². The fourth-order valence-corrected chi connectivity index (χ4v) is 5.56. The summed E-state index contributed by atoms with van der Waals surface area (Å²) in [4.78, 5) is 29.1. The first-order chi connectivity index (χ1) is 20.4. The summed E-state index contributed by atoms with van der Waals surface area (Å²) in [7, 11) is -2.33. The molecule has 8 nitrogen and oxygen atoms in total. The summed E-state index contributed by atoms with van der Waals surface area (Å²) in [5.74, 6) is -2.33. The van der Waals surface area contributed by atoms with Crippen molar-refractivity contribution < 1.29 is 31.5 Å². The third-order valence-corrected chi connectivity index (χ3v) is 8.30. The number of hydrogen-bond acceptors (Lipinski definition) is 5. The number of ether oxygens (including phenoxy) is 1. The Hall–Kier alpha value is -3.99. The van der Waals surface area contributed by atoms with E-state index >= 15 is 0 Å². The highest BCUT2D eigenvalue weighted by Gasteiger charge is 2.31. The van der Waals surface area contributed by atoms with E-state index in [1.165, 1.54) is 11.0 Å². The van der Waals surface area contributed by atoms with E-state index < -0.39 is 27.7 Å². The maximum atomic E-state index is 13.9. The number of benzene rings is 3. The molecule has 1 N–H and O–H groups in total. The molecule has 3 rings (SSSR count). The number of nitrogens with one attached hydrogen (secondary N) is 1. The zero-order valence-corrected chi connectivity index (χ0v) is 25.7. The van der Waals surface area contributed by atoms with E-state index in [0.717, 1.165) is 33.8 Å². The van der Waals surface area contributed by atoms with Gasteiger partial charge in [-0.25, -0.2) is 17.2 Å². The molecule has 2 atom stereocenters. The van der Waals surface area contributed by atoms with E-state index in [9.17, 15) is 26.8 Å². The predicted octanol–water partition coefficient (Wildman–Crippen LogP) is 5.07. The molecular formula is C32H39F2N3O5S. The van der Waals surface area contributed by atoms with Crippen LogP contribution in [0.15, 0.2) is 72.8 Å². The second-order valence-electron chi connectivity index (χ2n) is 10.4. The molecule has 0 fully saturated rings. The van der Waals surface area contributed by atoms with Crippen LogP contribution in [-0.2, 0) is 32.6 Å². The summed E-state index contributed by atoms with van der Waals surface area (Å²) in [6, 6.07) is 18.5. The summed E-state index contributed by atoms with van der Waals surface area (Å²) in [5.41, 5.74) is 1.58. The van der Waals surface area contributed by atoms with Gasteiger partial charge in [-0.2, -0.15) is 0 Å². The molecule has 232 valence electrons. The SMILES string of the molecule is CC[C@H](C)NC(=O)[C@@H](Cc1ccccc1)N(Cc1cccc(OC)c1)C(=O)CCCN(c1ccc(F)c(F)c1)S(C)(=O)=O. The Labute approximate surface area is 252 Å². The monoisotopic (exact) mass is 615 g/mol. The molecule has 3 aromatic rings. The van der Waals surface area contributed by atoms with Crippen LogP contribution in [0.4, 0.5) is 14.5 Å². The Morgan fingerprint density at radius 1 is 0.953 bits per heavy atom. The number of anilines is 1. The number of halogens is 2. The van der Waals surface area contributed by atoms with E-state index in [2.05, 4.69) is 5.32 Å². The Bertz CT molecular complexity index is 1490. The second kappa shape index (κ2) is 15.5. The second-order valence-corrected chi connectivity index (χ2v) is 12.3. The molecule has 11 heteroatoms. The number of sulfonamides is 1. The number of nitrogens with zero attached hydrogens (tertiary/aromatic N) is 2. The summed E-state index contributed by atoms with van der Waals surface area (Å²) in [6.45, 7) is 3.81. The maximum absolute atomic E-state index is 13.9. The Morgan fingerprint density at radius 3 is 2.28 bits per heavy atom. The molecule has 0 radical (unpaired) electrons. The van der Waals surface area contributed by atoms with Gasteiger partial charge in [0.05, 0.1) is 19.1 Å². The molecule has 43 heavy (non-hydrogen) atoms. The van der Waals surface area contributed by atoms with Gasteiger partial charge in [0, 0.05) is 38.0 Å². The van der Waals surface area contributed by atoms with Crippen molar-refractivity contribution >= 4 is 27.5 Å². The lowest BCUT2D eigenvalue weighted by Crippen LogP contribution is -2.52. The molecule has 0 aliphatic heterocycles. The smallest absolute Gasteiger partial charge is 0.243 e. The van der Waals surface area contributed by atoms with Gasteiger partial charge in [0.15, 0.2) is 11.6 Å². The van der Waals surface area contributed by atoms with E-state index in [-0.39, 0.29) is 55.9 Å². The van der Waals surface area contributed by atoms with Crippen LogP contribution in [0.3, 0.4) is 0 Å². The summed E-state index contributed by atoms with van der Waals surface area (Å²) < 4.78 is 58.7. The predicted molar refractivity (Wildman–Crippen MR) is 163 cm³/mol. The van der Waals surface area contributed by atoms with Gasteiger partial charge in [0.25, 0.3) is 0 Å². The molecule has 0 saturated carbocycles. The Morgan fingerprint density at radius 2 is 1.65 bits per heavy atom. The number of carbonyl (C=O) groups excluding carboxylic acids is 2. The number of carbonyl (C=O) groups is 2. The molecule has 0 heterocycles. The van der Waals surface area contributed by atoms with Gasteiger partial charge in [-0.1, -0.05) is 49.4 Å². The van der Waals surface area contributed by atoms with Crippen LogP contribution in [0, 0.1) is 11.6 Å². The van der Waals surface area contributed by atoms with Crippen LogP contribution in [0.2, 0.25) is 0 Å². The van der Waals surface area contributed by atoms with Gasteiger partial charge in [0.2, 0.25) is 21.8 Å². The molecule has 2 amide bonds. The minimum Gasteiger partial charge on any atom is -0.497 e. The van der Waals surface area contributed by atoms with Crippen LogP contribution >= 0.6 is 0 Å². The molecule has 0 saturated heterocycles. The first kappa shape index (κ1) is 33.5. The molecule has 0 aliphatic rings. The molecule has 0 bridgehead atoms. The standard InChI is InChI=1S/C32H39F2N3O5S/c1-5-23(2)35-32(39)30(20-24-11-7-6-8-12-24)36(22-25-13-9-14-27(19-25)42-3)31(38)15-10-18-37(43(4,40)41)26-16-17-28(33)29(34)21-26/h6-9,11-14,16-17,19,21,23,30H,5,10,15,18,20,22H2,1-4H3,(H,35,39)/t23-,30+/m0/s1. The largest absolute Gasteiger partial charge is 0.497 e. The van der Waals surface area contributed by atoms with Crippen molar-refractivity contribution in [1.82, 2.24) is 10.2 Å². The van der Waals surface area contributed by atoms with Crippen molar-refractivity contribution in [3.05, 3.63) is 95.6 Å². The first-order valence-corrected chi connectivity index (χ1v) is 16.0. The molecular weight excluding hydrogens is 576 g/mol. The normalized spacial score (nSPS) is 12.7. The third-order valence-electron chi connectivity index (χ3n) is 7.10. The number of methoxy groups -OCH3 is 1. The van der Waals surface area contributed by atoms with Crippen LogP contribution in [0.1, 0.15) is 44.2 Å². The van der Waals surface area contributed by atoms with Crippen LogP contribution < -0.4 is 14.4 Å². The Kier molecular flexibility index (Phi) is 12.1. The Balaban J connectivity index is 1.91. The fraction of sp³-hybridized carbons (Fsp3) is 0.375. The van der Waals surface area contributed by atoms with E-state index in [0.29, 0.717) is 12.2 Å². The highest BCUT2D eigenvalue weighted by atomic mass is 32.2. The molecule has 0 aromatic heterocycles. The third kappa shape index (κ3) is 9.77. The molecule has 0 aliphatic carbocycles. The van der Waals surface area contributed by atoms with Crippen molar-refractivity contribution in [1.29, 1.82) is 0 Å². The highest BCUT2D eigenvalue weighted by Crippen LogP contribution is 2.23. The zero-order chi connectivity index (χ0) is 31.6. The summed E-state index contributed by atoms with van der Waals surface area (Å²) in [5, 5.41) is 3.01. The average Bonchev–Trinajstić information content (AvgIpc) is 2.98. The van der Waals surface area contributed by atoms with Crippen molar-refractivity contribution in [2.45, 2.75) is 58.2 Å². The number of hydrogen-bond donors (Lipinski definition) is 1.